The fourth-order valence-corrected chi connectivity index (χ4v) is 5.11. The topological polar surface area (TPSA) is 60.5 Å². The Morgan fingerprint density at radius 1 is 0.786 bits per heavy atom. The number of hydrogen-bond acceptors (Lipinski definition) is 6. The van der Waals surface area contributed by atoms with Crippen molar-refractivity contribution in [1.29, 1.82) is 10.5 Å². The van der Waals surface area contributed by atoms with Gasteiger partial charge in [-0.15, -0.1) is 0 Å². The van der Waals surface area contributed by atoms with Gasteiger partial charge in [-0.3, -0.25) is 0 Å². The highest BCUT2D eigenvalue weighted by molar-refractivity contribution is 5.40. The van der Waals surface area contributed by atoms with Crippen molar-refractivity contribution >= 4 is 0 Å². The summed E-state index contributed by atoms with van der Waals surface area (Å²) < 4.78 is 0. The Kier molecular flexibility index (Phi) is 7.59. The van der Waals surface area contributed by atoms with Crippen molar-refractivity contribution < 1.29 is 0 Å². The van der Waals surface area contributed by atoms with Gasteiger partial charge in [0, 0.05) is 51.4 Å². The van der Waals surface area contributed by atoms with Crippen molar-refractivity contribution in [3.8, 4) is 12.1 Å². The van der Waals surface area contributed by atoms with Crippen LogP contribution in [0.1, 0.15) is 52.4 Å². The number of allylic oxidation sites excluding steroid dienone is 1. The minimum absolute atomic E-state index is 0.279. The molecule has 3 aliphatic rings. The molecule has 28 heavy (non-hydrogen) atoms. The lowest BCUT2D eigenvalue weighted by atomic mass is 10.2. The van der Waals surface area contributed by atoms with Crippen molar-refractivity contribution in [2.45, 2.75) is 64.5 Å². The van der Waals surface area contributed by atoms with Crippen molar-refractivity contribution in [1.82, 2.24) is 19.6 Å². The fraction of sp³-hybridized carbons (Fsp3) is 0.818. The van der Waals surface area contributed by atoms with E-state index in [1.807, 2.05) is 0 Å². The summed E-state index contributed by atoms with van der Waals surface area (Å²) in [6.45, 7) is 13.0. The average Bonchev–Trinajstić information content (AvgIpc) is 3.39. The zero-order valence-corrected chi connectivity index (χ0v) is 17.7. The Balaban J connectivity index is 1.53. The summed E-state index contributed by atoms with van der Waals surface area (Å²) in [7, 11) is 0. The molecule has 0 amide bonds. The van der Waals surface area contributed by atoms with Gasteiger partial charge in [0.25, 0.3) is 0 Å². The van der Waals surface area contributed by atoms with Crippen molar-refractivity contribution in [3.63, 3.8) is 0 Å². The maximum absolute atomic E-state index is 9.49. The Labute approximate surface area is 171 Å². The van der Waals surface area contributed by atoms with Gasteiger partial charge < -0.3 is 19.6 Å². The van der Waals surface area contributed by atoms with Crippen molar-refractivity contribution in [2.24, 2.45) is 0 Å². The molecule has 6 nitrogen and oxygen atoms in total. The second-order valence-electron chi connectivity index (χ2n) is 8.66. The van der Waals surface area contributed by atoms with Gasteiger partial charge in [-0.2, -0.15) is 10.5 Å². The molecule has 0 saturated carbocycles. The van der Waals surface area contributed by atoms with Crippen molar-refractivity contribution in [3.05, 3.63) is 11.4 Å². The molecule has 3 aliphatic heterocycles. The van der Waals surface area contributed by atoms with Crippen molar-refractivity contribution in [2.75, 3.05) is 52.4 Å². The highest BCUT2D eigenvalue weighted by Crippen LogP contribution is 2.24. The van der Waals surface area contributed by atoms with E-state index in [4.69, 9.17) is 0 Å². The monoisotopic (exact) mass is 384 g/mol. The molecule has 0 aromatic rings. The second-order valence-corrected chi connectivity index (χ2v) is 8.66. The van der Waals surface area contributed by atoms with Crippen LogP contribution < -0.4 is 0 Å². The lowest BCUT2D eigenvalue weighted by molar-refractivity contribution is 0.237. The van der Waals surface area contributed by atoms with Crippen LogP contribution in [0.15, 0.2) is 11.4 Å². The Morgan fingerprint density at radius 2 is 1.25 bits per heavy atom. The predicted octanol–water partition coefficient (Wildman–Crippen LogP) is 2.61. The third kappa shape index (κ3) is 4.99. The molecule has 3 heterocycles. The first-order valence-corrected chi connectivity index (χ1v) is 11.2. The first-order chi connectivity index (χ1) is 13.6. The normalized spacial score (nSPS) is 26.1. The minimum atomic E-state index is 0.279. The number of nitriles is 2. The molecule has 0 aliphatic carbocycles. The quantitative estimate of drug-likeness (QED) is 0.600. The summed E-state index contributed by atoms with van der Waals surface area (Å²) in [6, 6.07) is 5.69. The smallest absolute Gasteiger partial charge is 0.169 e. The van der Waals surface area contributed by atoms with E-state index in [2.05, 4.69) is 45.6 Å². The van der Waals surface area contributed by atoms with E-state index in [1.165, 1.54) is 38.8 Å². The third-order valence-corrected chi connectivity index (χ3v) is 6.81. The van der Waals surface area contributed by atoms with Crippen LogP contribution in [-0.4, -0.2) is 84.0 Å². The van der Waals surface area contributed by atoms with E-state index in [9.17, 15) is 10.5 Å². The van der Waals surface area contributed by atoms with Crippen LogP contribution >= 0.6 is 0 Å². The molecule has 0 radical (unpaired) electrons. The molecule has 154 valence electrons. The molecular formula is C22H36N6. The van der Waals surface area contributed by atoms with Gasteiger partial charge in [0.05, 0.1) is 0 Å². The largest absolute Gasteiger partial charge is 0.355 e. The van der Waals surface area contributed by atoms with Crippen LogP contribution in [0.5, 0.6) is 0 Å². The van der Waals surface area contributed by atoms with E-state index in [-0.39, 0.29) is 5.57 Å². The van der Waals surface area contributed by atoms with E-state index >= 15 is 0 Å². The Hall–Kier alpha value is -1.76. The summed E-state index contributed by atoms with van der Waals surface area (Å²) in [5.74, 6) is 0.883. The molecule has 0 N–H and O–H groups in total. The van der Waals surface area contributed by atoms with Crippen LogP contribution in [0.4, 0.5) is 0 Å². The van der Waals surface area contributed by atoms with Crippen LogP contribution in [0.3, 0.4) is 0 Å². The second kappa shape index (κ2) is 10.1. The molecular weight excluding hydrogens is 348 g/mol. The zero-order valence-electron chi connectivity index (χ0n) is 17.7. The van der Waals surface area contributed by atoms with Gasteiger partial charge in [-0.1, -0.05) is 0 Å². The number of nitrogens with zero attached hydrogens (tertiary/aromatic N) is 6. The lowest BCUT2D eigenvalue weighted by Crippen LogP contribution is -2.33. The van der Waals surface area contributed by atoms with E-state index in [0.29, 0.717) is 12.1 Å². The van der Waals surface area contributed by atoms with Crippen LogP contribution in [-0.2, 0) is 0 Å². The van der Waals surface area contributed by atoms with Crippen LogP contribution in [0.2, 0.25) is 0 Å². The van der Waals surface area contributed by atoms with E-state index in [1.54, 1.807) is 0 Å². The number of hydrogen-bond donors (Lipinski definition) is 0. The summed E-state index contributed by atoms with van der Waals surface area (Å²) >= 11 is 0. The first kappa shape index (κ1) is 21.0. The molecule has 3 rings (SSSR count). The standard InChI is InChI=1S/C22H36N6/c1-19-7-3-9-25(19)11-5-13-27-15-16-28(22(27)21(17-23)18-24)14-6-12-26-10-4-8-20(26)2/h19-20H,3-16H2,1-2H3/t19-,20+. The van der Waals surface area contributed by atoms with Gasteiger partial charge in [0.1, 0.15) is 18.0 Å². The zero-order chi connectivity index (χ0) is 19.9. The molecule has 0 bridgehead atoms. The van der Waals surface area contributed by atoms with Gasteiger partial charge in [-0.05, 0) is 65.5 Å². The fourth-order valence-electron chi connectivity index (χ4n) is 5.11. The molecule has 0 aromatic carbocycles. The average molecular weight is 385 g/mol. The third-order valence-electron chi connectivity index (χ3n) is 6.81. The summed E-state index contributed by atoms with van der Waals surface area (Å²) in [4.78, 5) is 9.70. The number of likely N-dealkylation sites (tertiary alicyclic amines) is 2. The molecule has 0 aromatic heterocycles. The predicted molar refractivity (Wildman–Crippen MR) is 111 cm³/mol. The highest BCUT2D eigenvalue weighted by Gasteiger charge is 2.29. The van der Waals surface area contributed by atoms with E-state index in [0.717, 1.165) is 57.9 Å². The first-order valence-electron chi connectivity index (χ1n) is 11.2. The van der Waals surface area contributed by atoms with Gasteiger partial charge in [0.2, 0.25) is 0 Å². The molecule has 3 saturated heterocycles. The van der Waals surface area contributed by atoms with Gasteiger partial charge >= 0.3 is 0 Å². The molecule has 6 heteroatoms. The summed E-state index contributed by atoms with van der Waals surface area (Å²) in [5, 5.41) is 19.0. The summed E-state index contributed by atoms with van der Waals surface area (Å²) in [6.07, 6.45) is 7.43. The maximum atomic E-state index is 9.49. The Bertz CT molecular complexity index is 578. The minimum Gasteiger partial charge on any atom is -0.355 e. The maximum Gasteiger partial charge on any atom is 0.169 e. The highest BCUT2D eigenvalue weighted by atomic mass is 15.4. The van der Waals surface area contributed by atoms with Crippen LogP contribution in [0, 0.1) is 22.7 Å². The number of rotatable bonds is 8. The SMILES string of the molecule is C[C@@H]1CCCN1CCCN1CCN(CCCN2CCC[C@@H]2C)C1=C(C#N)C#N. The van der Waals surface area contributed by atoms with Gasteiger partial charge in [0.15, 0.2) is 5.57 Å². The molecule has 0 unspecified atom stereocenters. The Morgan fingerprint density at radius 3 is 1.61 bits per heavy atom. The lowest BCUT2D eigenvalue weighted by Gasteiger charge is -2.27. The van der Waals surface area contributed by atoms with E-state index < -0.39 is 0 Å². The summed E-state index contributed by atoms with van der Waals surface area (Å²) in [5.41, 5.74) is 0.279. The molecule has 2 atom stereocenters. The van der Waals surface area contributed by atoms with Crippen LogP contribution in [0.25, 0.3) is 0 Å². The molecule has 3 fully saturated rings. The van der Waals surface area contributed by atoms with Gasteiger partial charge in [-0.25, -0.2) is 0 Å². The molecule has 0 spiro atoms.